The van der Waals surface area contributed by atoms with Gasteiger partial charge in [-0.2, -0.15) is 0 Å². The number of aryl methyl sites for hydroxylation is 2. The fourth-order valence-corrected chi connectivity index (χ4v) is 1.39. The highest BCUT2D eigenvalue weighted by Crippen LogP contribution is 2.10. The molecule has 0 N–H and O–H groups in total. The summed E-state index contributed by atoms with van der Waals surface area (Å²) in [5, 5.41) is 0. The van der Waals surface area contributed by atoms with Gasteiger partial charge in [0.25, 0.3) is 0 Å². The predicted octanol–water partition coefficient (Wildman–Crippen LogP) is 3.53. The first kappa shape index (κ1) is 9.31. The summed E-state index contributed by atoms with van der Waals surface area (Å²) in [5.41, 5.74) is 2.78. The first-order valence-electron chi connectivity index (χ1n) is 4.80. The van der Waals surface area contributed by atoms with E-state index < -0.39 is 0 Å². The summed E-state index contributed by atoms with van der Waals surface area (Å²) in [5.74, 6) is 0. The average molecular weight is 161 g/mol. The van der Waals surface area contributed by atoms with Crippen molar-refractivity contribution in [3.63, 3.8) is 0 Å². The van der Waals surface area contributed by atoms with Crippen molar-refractivity contribution in [3.05, 3.63) is 35.4 Å². The summed E-state index contributed by atoms with van der Waals surface area (Å²) in [6.45, 7) is 4.38. The Hall–Kier alpha value is -0.780. The van der Waals surface area contributed by atoms with Crippen molar-refractivity contribution in [2.75, 3.05) is 0 Å². The van der Waals surface area contributed by atoms with Gasteiger partial charge >= 0.3 is 0 Å². The molecule has 0 aromatic heterocycles. The molecule has 0 nitrogen and oxygen atoms in total. The number of unbranched alkanes of at least 4 members (excludes halogenated alkanes) is 2. The number of benzene rings is 1. The van der Waals surface area contributed by atoms with Gasteiger partial charge in [-0.25, -0.2) is 0 Å². The van der Waals surface area contributed by atoms with Crippen molar-refractivity contribution in [1.82, 2.24) is 0 Å². The lowest BCUT2D eigenvalue weighted by Crippen LogP contribution is -1.88. The minimum absolute atomic E-state index is 1.22. The minimum Gasteiger partial charge on any atom is -0.0654 e. The lowest BCUT2D eigenvalue weighted by molar-refractivity contribution is 0.715. The molecule has 0 spiro atoms. The Morgan fingerprint density at radius 2 is 2.17 bits per heavy atom. The SMILES string of the molecule is CCCCCc1ccc[c]c1C. The van der Waals surface area contributed by atoms with Gasteiger partial charge in [0.15, 0.2) is 0 Å². The first-order valence-corrected chi connectivity index (χ1v) is 4.80. The third-order valence-corrected chi connectivity index (χ3v) is 2.22. The molecule has 0 aliphatic heterocycles. The van der Waals surface area contributed by atoms with Gasteiger partial charge in [-0.1, -0.05) is 38.0 Å². The molecule has 0 unspecified atom stereocenters. The van der Waals surface area contributed by atoms with Crippen LogP contribution in [0.4, 0.5) is 0 Å². The quantitative estimate of drug-likeness (QED) is 0.593. The Balaban J connectivity index is 2.46. The molecule has 1 rings (SSSR count). The molecule has 1 aromatic rings. The lowest BCUT2D eigenvalue weighted by atomic mass is 10.0. The van der Waals surface area contributed by atoms with Gasteiger partial charge in [0, 0.05) is 0 Å². The molecular formula is C12H17. The summed E-state index contributed by atoms with van der Waals surface area (Å²) in [7, 11) is 0. The first-order chi connectivity index (χ1) is 5.84. The van der Waals surface area contributed by atoms with E-state index in [0.717, 1.165) is 0 Å². The second-order valence-electron chi connectivity index (χ2n) is 3.28. The van der Waals surface area contributed by atoms with E-state index in [9.17, 15) is 0 Å². The van der Waals surface area contributed by atoms with Gasteiger partial charge < -0.3 is 0 Å². The monoisotopic (exact) mass is 161 g/mol. The van der Waals surface area contributed by atoms with Crippen molar-refractivity contribution in [2.24, 2.45) is 0 Å². The third-order valence-electron chi connectivity index (χ3n) is 2.22. The summed E-state index contributed by atoms with van der Waals surface area (Å²) < 4.78 is 0. The van der Waals surface area contributed by atoms with Crippen LogP contribution < -0.4 is 0 Å². The van der Waals surface area contributed by atoms with Crippen LogP contribution in [0.3, 0.4) is 0 Å². The highest BCUT2D eigenvalue weighted by atomic mass is 14.0. The van der Waals surface area contributed by atoms with E-state index in [0.29, 0.717) is 0 Å². The Kier molecular flexibility index (Phi) is 3.86. The van der Waals surface area contributed by atoms with Crippen LogP contribution in [0.1, 0.15) is 37.3 Å². The van der Waals surface area contributed by atoms with Crippen LogP contribution in [0.5, 0.6) is 0 Å². The molecule has 0 saturated heterocycles. The van der Waals surface area contributed by atoms with E-state index in [1.807, 2.05) is 6.07 Å². The van der Waals surface area contributed by atoms with Crippen molar-refractivity contribution in [2.45, 2.75) is 39.5 Å². The zero-order valence-electron chi connectivity index (χ0n) is 8.06. The van der Waals surface area contributed by atoms with Gasteiger partial charge in [0.05, 0.1) is 0 Å². The van der Waals surface area contributed by atoms with Crippen LogP contribution in [0.2, 0.25) is 0 Å². The van der Waals surface area contributed by atoms with Gasteiger partial charge in [-0.15, -0.1) is 0 Å². The zero-order chi connectivity index (χ0) is 8.81. The van der Waals surface area contributed by atoms with Crippen LogP contribution in [-0.2, 0) is 6.42 Å². The van der Waals surface area contributed by atoms with E-state index in [1.54, 1.807) is 0 Å². The largest absolute Gasteiger partial charge is 0.0654 e. The van der Waals surface area contributed by atoms with Crippen molar-refractivity contribution in [1.29, 1.82) is 0 Å². The molecule has 1 aromatic carbocycles. The van der Waals surface area contributed by atoms with Gasteiger partial charge in [-0.05, 0) is 37.0 Å². The maximum Gasteiger partial charge on any atom is -0.0149 e. The molecule has 0 amide bonds. The fourth-order valence-electron chi connectivity index (χ4n) is 1.39. The number of hydrogen-bond acceptors (Lipinski definition) is 0. The number of hydrogen-bond donors (Lipinski definition) is 0. The summed E-state index contributed by atoms with van der Waals surface area (Å²) >= 11 is 0. The maximum absolute atomic E-state index is 3.23. The molecule has 0 aliphatic carbocycles. The fraction of sp³-hybridized carbons (Fsp3) is 0.500. The Labute approximate surface area is 75.6 Å². The summed E-state index contributed by atoms with van der Waals surface area (Å²) in [6.07, 6.45) is 5.18. The maximum atomic E-state index is 3.23. The highest BCUT2D eigenvalue weighted by molar-refractivity contribution is 5.24. The smallest absolute Gasteiger partial charge is 0.0149 e. The molecule has 0 heteroatoms. The Morgan fingerprint density at radius 1 is 1.33 bits per heavy atom. The lowest BCUT2D eigenvalue weighted by Gasteiger charge is -2.03. The van der Waals surface area contributed by atoms with Crippen LogP contribution in [0.15, 0.2) is 18.2 Å². The second-order valence-corrected chi connectivity index (χ2v) is 3.28. The summed E-state index contributed by atoms with van der Waals surface area (Å²) in [4.78, 5) is 0. The van der Waals surface area contributed by atoms with E-state index in [4.69, 9.17) is 0 Å². The molecular weight excluding hydrogens is 144 g/mol. The molecule has 12 heavy (non-hydrogen) atoms. The third kappa shape index (κ3) is 2.69. The Bertz CT molecular complexity index is 225. The molecule has 0 fully saturated rings. The second kappa shape index (κ2) is 4.97. The van der Waals surface area contributed by atoms with Gasteiger partial charge in [0.1, 0.15) is 0 Å². The molecule has 0 aliphatic rings. The molecule has 0 atom stereocenters. The zero-order valence-corrected chi connectivity index (χ0v) is 8.06. The average Bonchev–Trinajstić information content (AvgIpc) is 2.09. The highest BCUT2D eigenvalue weighted by Gasteiger charge is 1.95. The molecule has 0 bridgehead atoms. The molecule has 65 valence electrons. The number of rotatable bonds is 4. The molecule has 1 radical (unpaired) electrons. The standard InChI is InChI=1S/C12H17/c1-3-4-5-9-12-10-7-6-8-11(12)2/h6-7,10H,3-5,9H2,1-2H3. The van der Waals surface area contributed by atoms with E-state index in [-0.39, 0.29) is 0 Å². The molecule has 0 saturated carbocycles. The van der Waals surface area contributed by atoms with Crippen LogP contribution >= 0.6 is 0 Å². The van der Waals surface area contributed by atoms with Crippen molar-refractivity contribution in [3.8, 4) is 0 Å². The van der Waals surface area contributed by atoms with E-state index >= 15 is 0 Å². The summed E-state index contributed by atoms with van der Waals surface area (Å²) in [6, 6.07) is 9.50. The topological polar surface area (TPSA) is 0 Å². The van der Waals surface area contributed by atoms with Crippen molar-refractivity contribution < 1.29 is 0 Å². The van der Waals surface area contributed by atoms with Gasteiger partial charge in [0.2, 0.25) is 0 Å². The van der Waals surface area contributed by atoms with Gasteiger partial charge in [-0.3, -0.25) is 0 Å². The normalized spacial score (nSPS) is 10.2. The Morgan fingerprint density at radius 3 is 2.83 bits per heavy atom. The van der Waals surface area contributed by atoms with Crippen LogP contribution in [-0.4, -0.2) is 0 Å². The van der Waals surface area contributed by atoms with Crippen molar-refractivity contribution >= 4 is 0 Å². The molecule has 0 heterocycles. The van der Waals surface area contributed by atoms with E-state index in [1.165, 1.54) is 36.8 Å². The van der Waals surface area contributed by atoms with Crippen LogP contribution in [0.25, 0.3) is 0 Å². The van der Waals surface area contributed by atoms with Crippen LogP contribution in [0, 0.1) is 13.0 Å². The van der Waals surface area contributed by atoms with E-state index in [2.05, 4.69) is 32.0 Å². The predicted molar refractivity (Wildman–Crippen MR) is 53.2 cm³/mol. The minimum atomic E-state index is 1.22.